The van der Waals surface area contributed by atoms with Crippen molar-refractivity contribution in [1.82, 2.24) is 0 Å². The summed E-state index contributed by atoms with van der Waals surface area (Å²) in [6.45, 7) is 0. The van der Waals surface area contributed by atoms with E-state index in [2.05, 4.69) is 0 Å². The van der Waals surface area contributed by atoms with Gasteiger partial charge in [0.2, 0.25) is 0 Å². The van der Waals surface area contributed by atoms with Crippen LogP contribution in [0.4, 0.5) is 11.4 Å². The lowest BCUT2D eigenvalue weighted by atomic mass is 10.1. The van der Waals surface area contributed by atoms with E-state index in [1.165, 1.54) is 98.6 Å². The van der Waals surface area contributed by atoms with E-state index in [0.29, 0.717) is 11.5 Å². The monoisotopic (exact) mass is 564 g/mol. The fraction of sp³-hybridized carbons (Fsp3) is 0.250. The third-order valence-electron chi connectivity index (χ3n) is 4.93. The Morgan fingerprint density at radius 3 is 1.39 bits per heavy atom. The number of nitro benzene ring substituents is 2. The molecule has 0 aliphatic rings. The van der Waals surface area contributed by atoms with Crippen molar-refractivity contribution in [3.63, 3.8) is 0 Å². The van der Waals surface area contributed by atoms with Crippen molar-refractivity contribution >= 4 is 57.1 Å². The summed E-state index contributed by atoms with van der Waals surface area (Å²) in [5.41, 5.74) is 0.129. The Kier molecular flexibility index (Phi) is 11.6. The quantitative estimate of drug-likeness (QED) is 0.0825. The molecule has 0 aliphatic carbocycles. The van der Waals surface area contributed by atoms with Gasteiger partial charge in [-0.3, -0.25) is 20.2 Å². The van der Waals surface area contributed by atoms with Gasteiger partial charge in [-0.25, -0.2) is 9.59 Å². The second kappa shape index (κ2) is 14.6. The first-order valence-electron chi connectivity index (χ1n) is 10.6. The summed E-state index contributed by atoms with van der Waals surface area (Å²) >= 11 is 0. The second-order valence-electron chi connectivity index (χ2n) is 7.21. The molecule has 0 aromatic heterocycles. The minimum absolute atomic E-state index is 0.0689. The molecular formula is C24H24N2O10S2. The number of methoxy groups -OCH3 is 4. The highest BCUT2D eigenvalue weighted by molar-refractivity contribution is 8.76. The maximum Gasteiger partial charge on any atom is 0.334 e. The Labute approximate surface area is 225 Å². The third kappa shape index (κ3) is 8.24. The van der Waals surface area contributed by atoms with Gasteiger partial charge in [-0.05, 0) is 36.4 Å². The number of carbonyl (C=O) groups is 2. The van der Waals surface area contributed by atoms with Crippen LogP contribution in [-0.4, -0.2) is 61.7 Å². The molecule has 0 N–H and O–H groups in total. The van der Waals surface area contributed by atoms with Crippen LogP contribution in [0.25, 0.3) is 12.2 Å². The molecule has 2 rings (SSSR count). The molecule has 0 saturated carbocycles. The SMILES string of the molecule is COC(=O)/C(=C/c1cc(OC)ccc1[N+](=O)[O-])CSSC/C(=C\c1cc(OC)ccc1[N+](=O)[O-])C(=O)OC. The molecule has 2 aromatic carbocycles. The number of hydrogen-bond acceptors (Lipinski definition) is 12. The zero-order valence-corrected chi connectivity index (χ0v) is 22.5. The molecule has 0 radical (unpaired) electrons. The molecule has 12 nitrogen and oxygen atoms in total. The van der Waals surface area contributed by atoms with Crippen LogP contribution in [0.3, 0.4) is 0 Å². The summed E-state index contributed by atoms with van der Waals surface area (Å²) in [4.78, 5) is 46.4. The van der Waals surface area contributed by atoms with Crippen LogP contribution < -0.4 is 9.47 Å². The summed E-state index contributed by atoms with van der Waals surface area (Å²) in [7, 11) is 7.54. The van der Waals surface area contributed by atoms with Crippen molar-refractivity contribution in [2.75, 3.05) is 39.9 Å². The zero-order chi connectivity index (χ0) is 28.2. The maximum absolute atomic E-state index is 12.4. The Morgan fingerprint density at radius 1 is 0.737 bits per heavy atom. The number of esters is 2. The zero-order valence-electron chi connectivity index (χ0n) is 20.8. The van der Waals surface area contributed by atoms with Gasteiger partial charge >= 0.3 is 11.9 Å². The van der Waals surface area contributed by atoms with Crippen LogP contribution in [0.5, 0.6) is 11.5 Å². The topological polar surface area (TPSA) is 157 Å². The van der Waals surface area contributed by atoms with Gasteiger partial charge in [0.1, 0.15) is 11.5 Å². The van der Waals surface area contributed by atoms with Gasteiger partial charge in [0.25, 0.3) is 11.4 Å². The molecular weight excluding hydrogens is 540 g/mol. The van der Waals surface area contributed by atoms with Gasteiger partial charge in [0.05, 0.1) is 49.4 Å². The van der Waals surface area contributed by atoms with Gasteiger partial charge < -0.3 is 18.9 Å². The van der Waals surface area contributed by atoms with Crippen LogP contribution in [0.15, 0.2) is 47.5 Å². The van der Waals surface area contributed by atoms with Crippen LogP contribution in [-0.2, 0) is 19.1 Å². The average molecular weight is 565 g/mol. The van der Waals surface area contributed by atoms with Gasteiger partial charge in [0.15, 0.2) is 0 Å². The number of carbonyl (C=O) groups excluding carboxylic acids is 2. The summed E-state index contributed by atoms with van der Waals surface area (Å²) in [6.07, 6.45) is 2.69. The average Bonchev–Trinajstić information content (AvgIpc) is 2.92. The molecule has 0 heterocycles. The lowest BCUT2D eigenvalue weighted by Gasteiger charge is -2.09. The highest BCUT2D eigenvalue weighted by Crippen LogP contribution is 2.32. The smallest absolute Gasteiger partial charge is 0.334 e. The Balaban J connectivity index is 2.29. The molecule has 0 saturated heterocycles. The molecule has 2 aromatic rings. The highest BCUT2D eigenvalue weighted by atomic mass is 33.1. The molecule has 0 atom stereocenters. The Bertz CT molecular complexity index is 1180. The van der Waals surface area contributed by atoms with Gasteiger partial charge in [-0.2, -0.15) is 0 Å². The van der Waals surface area contributed by atoms with Crippen LogP contribution in [0.2, 0.25) is 0 Å². The Hall–Kier alpha value is -4.04. The van der Waals surface area contributed by atoms with Crippen molar-refractivity contribution < 1.29 is 38.4 Å². The van der Waals surface area contributed by atoms with E-state index in [1.807, 2.05) is 0 Å². The number of ether oxygens (including phenoxy) is 4. The summed E-state index contributed by atoms with van der Waals surface area (Å²) < 4.78 is 19.9. The minimum Gasteiger partial charge on any atom is -0.497 e. The van der Waals surface area contributed by atoms with Crippen LogP contribution in [0.1, 0.15) is 11.1 Å². The number of nitrogens with zero attached hydrogens (tertiary/aromatic N) is 2. The molecule has 0 bridgehead atoms. The van der Waals surface area contributed by atoms with Crippen molar-refractivity contribution in [2.45, 2.75) is 0 Å². The van der Waals surface area contributed by atoms with E-state index in [4.69, 9.17) is 18.9 Å². The number of rotatable bonds is 13. The third-order valence-corrected chi connectivity index (χ3v) is 7.16. The number of benzene rings is 2. The predicted molar refractivity (Wildman–Crippen MR) is 144 cm³/mol. The van der Waals surface area contributed by atoms with E-state index in [9.17, 15) is 29.8 Å². The van der Waals surface area contributed by atoms with Crippen LogP contribution in [0, 0.1) is 20.2 Å². The molecule has 202 valence electrons. The summed E-state index contributed by atoms with van der Waals surface area (Å²) in [5, 5.41) is 22.9. The summed E-state index contributed by atoms with van der Waals surface area (Å²) in [5.74, 6) is -0.504. The van der Waals surface area contributed by atoms with Crippen molar-refractivity contribution in [3.8, 4) is 11.5 Å². The molecule has 0 aliphatic heterocycles. The lowest BCUT2D eigenvalue weighted by Crippen LogP contribution is -2.08. The Morgan fingerprint density at radius 2 is 1.11 bits per heavy atom. The molecule has 0 unspecified atom stereocenters. The fourth-order valence-corrected chi connectivity index (χ4v) is 5.13. The van der Waals surface area contributed by atoms with Gasteiger partial charge in [-0.1, -0.05) is 21.6 Å². The van der Waals surface area contributed by atoms with Gasteiger partial charge in [-0.15, -0.1) is 0 Å². The number of nitro groups is 2. The van der Waals surface area contributed by atoms with Crippen molar-refractivity contribution in [1.29, 1.82) is 0 Å². The molecule has 0 spiro atoms. The molecule has 0 amide bonds. The van der Waals surface area contributed by atoms with Crippen molar-refractivity contribution in [3.05, 3.63) is 78.9 Å². The lowest BCUT2D eigenvalue weighted by molar-refractivity contribution is -0.385. The first kappa shape index (κ1) is 30.2. The molecule has 38 heavy (non-hydrogen) atoms. The first-order chi connectivity index (χ1) is 18.1. The van der Waals surface area contributed by atoms with E-state index in [-0.39, 0.29) is 45.2 Å². The highest BCUT2D eigenvalue weighted by Gasteiger charge is 2.19. The largest absolute Gasteiger partial charge is 0.497 e. The number of hydrogen-bond donors (Lipinski definition) is 0. The van der Waals surface area contributed by atoms with E-state index in [0.717, 1.165) is 0 Å². The van der Waals surface area contributed by atoms with E-state index in [1.54, 1.807) is 0 Å². The maximum atomic E-state index is 12.4. The standard InChI is InChI=1S/C24H24N2O10S2/c1-33-19-5-7-21(25(29)30)15(11-19)9-17(23(27)35-3)13-37-38-14-18(24(28)36-4)10-16-12-20(34-2)6-8-22(16)26(31)32/h5-12H,13-14H2,1-4H3/b17-9+,18-10+. The summed E-state index contributed by atoms with van der Waals surface area (Å²) in [6, 6.07) is 8.27. The molecule has 14 heteroatoms. The normalized spacial score (nSPS) is 11.5. The second-order valence-corrected chi connectivity index (χ2v) is 9.67. The van der Waals surface area contributed by atoms with Crippen molar-refractivity contribution in [2.24, 2.45) is 0 Å². The van der Waals surface area contributed by atoms with Crippen LogP contribution >= 0.6 is 21.6 Å². The minimum atomic E-state index is -0.689. The molecule has 0 fully saturated rings. The van der Waals surface area contributed by atoms with E-state index < -0.39 is 21.8 Å². The van der Waals surface area contributed by atoms with Gasteiger partial charge in [0, 0.05) is 34.8 Å². The fourth-order valence-electron chi connectivity index (χ4n) is 3.05. The van der Waals surface area contributed by atoms with E-state index >= 15 is 0 Å². The predicted octanol–water partition coefficient (Wildman–Crippen LogP) is 4.71. The first-order valence-corrected chi connectivity index (χ1v) is 13.1.